The van der Waals surface area contributed by atoms with E-state index >= 15 is 0 Å². The van der Waals surface area contributed by atoms with Crippen LogP contribution < -0.4 is 0 Å². The summed E-state index contributed by atoms with van der Waals surface area (Å²) in [6.07, 6.45) is 4.46. The lowest BCUT2D eigenvalue weighted by Crippen LogP contribution is -1.89. The molecule has 0 amide bonds. The lowest BCUT2D eigenvalue weighted by atomic mass is 10.1. The van der Waals surface area contributed by atoms with Crippen molar-refractivity contribution in [2.24, 2.45) is 5.92 Å². The first kappa shape index (κ1) is 7.32. The van der Waals surface area contributed by atoms with Crippen LogP contribution in [-0.4, -0.2) is 11.1 Å². The van der Waals surface area contributed by atoms with Crippen molar-refractivity contribution in [2.75, 3.05) is 0 Å². The minimum atomic E-state index is -0.802. The molecule has 0 aromatic rings. The van der Waals surface area contributed by atoms with Crippen molar-refractivity contribution in [2.45, 2.75) is 26.2 Å². The van der Waals surface area contributed by atoms with Crippen molar-refractivity contribution >= 4 is 5.97 Å². The van der Waals surface area contributed by atoms with Crippen LogP contribution in [0.2, 0.25) is 0 Å². The van der Waals surface area contributed by atoms with Crippen LogP contribution in [-0.2, 0) is 4.79 Å². The minimum Gasteiger partial charge on any atom is -0.478 e. The van der Waals surface area contributed by atoms with Crippen LogP contribution in [0.5, 0.6) is 0 Å². The van der Waals surface area contributed by atoms with E-state index in [9.17, 15) is 4.79 Å². The van der Waals surface area contributed by atoms with Crippen LogP contribution >= 0.6 is 0 Å². The van der Waals surface area contributed by atoms with Crippen molar-refractivity contribution in [3.8, 4) is 0 Å². The van der Waals surface area contributed by atoms with Gasteiger partial charge in [0.25, 0.3) is 0 Å². The van der Waals surface area contributed by atoms with Crippen LogP contribution in [0.25, 0.3) is 0 Å². The SMILES string of the molecule is CC1CCC(=CC(=O)O)C1. The number of aliphatic carboxylic acids is 1. The Morgan fingerprint density at radius 1 is 1.80 bits per heavy atom. The molecular weight excluding hydrogens is 128 g/mol. The average molecular weight is 140 g/mol. The van der Waals surface area contributed by atoms with Gasteiger partial charge in [0, 0.05) is 6.08 Å². The Morgan fingerprint density at radius 3 is 2.90 bits per heavy atom. The van der Waals surface area contributed by atoms with Gasteiger partial charge in [-0.05, 0) is 25.2 Å². The molecular formula is C8H12O2. The number of hydrogen-bond acceptors (Lipinski definition) is 1. The van der Waals surface area contributed by atoms with E-state index in [1.807, 2.05) is 0 Å². The van der Waals surface area contributed by atoms with Gasteiger partial charge < -0.3 is 5.11 Å². The van der Waals surface area contributed by atoms with Crippen molar-refractivity contribution in [3.63, 3.8) is 0 Å². The zero-order valence-corrected chi connectivity index (χ0v) is 6.13. The molecule has 0 saturated heterocycles. The summed E-state index contributed by atoms with van der Waals surface area (Å²) in [7, 11) is 0. The van der Waals surface area contributed by atoms with Crippen molar-refractivity contribution < 1.29 is 9.90 Å². The predicted octanol–water partition coefficient (Wildman–Crippen LogP) is 1.82. The molecule has 1 rings (SSSR count). The maximum atomic E-state index is 10.2. The third kappa shape index (κ3) is 1.87. The van der Waals surface area contributed by atoms with E-state index in [1.165, 1.54) is 6.08 Å². The van der Waals surface area contributed by atoms with Gasteiger partial charge in [-0.3, -0.25) is 0 Å². The third-order valence-electron chi connectivity index (χ3n) is 1.90. The fourth-order valence-corrected chi connectivity index (χ4v) is 1.39. The first-order valence-electron chi connectivity index (χ1n) is 3.61. The second-order valence-corrected chi connectivity index (χ2v) is 2.99. The molecule has 2 nitrogen and oxygen atoms in total. The Hall–Kier alpha value is -0.790. The Kier molecular flexibility index (Phi) is 2.10. The molecule has 0 spiro atoms. The Labute approximate surface area is 60.6 Å². The summed E-state index contributed by atoms with van der Waals surface area (Å²) in [5.74, 6) is -0.116. The summed E-state index contributed by atoms with van der Waals surface area (Å²) in [5.41, 5.74) is 1.10. The van der Waals surface area contributed by atoms with Crippen LogP contribution in [0.4, 0.5) is 0 Å². The molecule has 1 aliphatic carbocycles. The number of carboxylic acid groups (broad SMARTS) is 1. The molecule has 1 N–H and O–H groups in total. The monoisotopic (exact) mass is 140 g/mol. The Balaban J connectivity index is 2.51. The molecule has 1 aliphatic rings. The zero-order chi connectivity index (χ0) is 7.56. The van der Waals surface area contributed by atoms with Gasteiger partial charge in [0.05, 0.1) is 0 Å². The Morgan fingerprint density at radius 2 is 2.50 bits per heavy atom. The lowest BCUT2D eigenvalue weighted by molar-refractivity contribution is -0.131. The number of carbonyl (C=O) groups is 1. The van der Waals surface area contributed by atoms with Gasteiger partial charge in [-0.1, -0.05) is 12.5 Å². The predicted molar refractivity (Wildman–Crippen MR) is 38.7 cm³/mol. The van der Waals surface area contributed by atoms with E-state index in [1.54, 1.807) is 0 Å². The summed E-state index contributed by atoms with van der Waals surface area (Å²) in [4.78, 5) is 10.2. The molecule has 2 heteroatoms. The highest BCUT2D eigenvalue weighted by Crippen LogP contribution is 2.29. The van der Waals surface area contributed by atoms with E-state index in [0.717, 1.165) is 24.8 Å². The highest BCUT2D eigenvalue weighted by Gasteiger charge is 2.14. The van der Waals surface area contributed by atoms with Crippen molar-refractivity contribution in [1.29, 1.82) is 0 Å². The van der Waals surface area contributed by atoms with Crippen molar-refractivity contribution in [3.05, 3.63) is 11.6 Å². The minimum absolute atomic E-state index is 0.686. The highest BCUT2D eigenvalue weighted by atomic mass is 16.4. The van der Waals surface area contributed by atoms with E-state index in [4.69, 9.17) is 5.11 Å². The molecule has 0 heterocycles. The van der Waals surface area contributed by atoms with E-state index in [2.05, 4.69) is 6.92 Å². The molecule has 1 saturated carbocycles. The summed E-state index contributed by atoms with van der Waals surface area (Å²) in [6, 6.07) is 0. The van der Waals surface area contributed by atoms with Gasteiger partial charge in [0.15, 0.2) is 0 Å². The quantitative estimate of drug-likeness (QED) is 0.564. The molecule has 10 heavy (non-hydrogen) atoms. The van der Waals surface area contributed by atoms with Gasteiger partial charge in [-0.15, -0.1) is 0 Å². The molecule has 0 bridgehead atoms. The molecule has 1 unspecified atom stereocenters. The van der Waals surface area contributed by atoms with Gasteiger partial charge in [0.1, 0.15) is 0 Å². The van der Waals surface area contributed by atoms with Gasteiger partial charge in [0.2, 0.25) is 0 Å². The molecule has 0 aromatic carbocycles. The molecule has 1 atom stereocenters. The van der Waals surface area contributed by atoms with Crippen LogP contribution in [0.15, 0.2) is 11.6 Å². The summed E-state index contributed by atoms with van der Waals surface area (Å²) < 4.78 is 0. The first-order chi connectivity index (χ1) is 4.68. The first-order valence-corrected chi connectivity index (χ1v) is 3.61. The van der Waals surface area contributed by atoms with Crippen LogP contribution in [0.1, 0.15) is 26.2 Å². The summed E-state index contributed by atoms with van der Waals surface area (Å²) in [6.45, 7) is 2.16. The van der Waals surface area contributed by atoms with E-state index in [0.29, 0.717) is 5.92 Å². The maximum absolute atomic E-state index is 10.2. The number of carboxylic acids is 1. The smallest absolute Gasteiger partial charge is 0.328 e. The topological polar surface area (TPSA) is 37.3 Å². The largest absolute Gasteiger partial charge is 0.478 e. The van der Waals surface area contributed by atoms with Crippen LogP contribution in [0.3, 0.4) is 0 Å². The van der Waals surface area contributed by atoms with Gasteiger partial charge in [-0.25, -0.2) is 4.79 Å². The third-order valence-corrected chi connectivity index (χ3v) is 1.90. The number of hydrogen-bond donors (Lipinski definition) is 1. The average Bonchev–Trinajstić information content (AvgIpc) is 2.13. The van der Waals surface area contributed by atoms with Crippen molar-refractivity contribution in [1.82, 2.24) is 0 Å². The second-order valence-electron chi connectivity index (χ2n) is 2.99. The fourth-order valence-electron chi connectivity index (χ4n) is 1.39. The normalized spacial score (nSPS) is 29.3. The van der Waals surface area contributed by atoms with E-state index in [-0.39, 0.29) is 0 Å². The van der Waals surface area contributed by atoms with Gasteiger partial charge >= 0.3 is 5.97 Å². The summed E-state index contributed by atoms with van der Waals surface area (Å²) >= 11 is 0. The zero-order valence-electron chi connectivity index (χ0n) is 6.13. The fraction of sp³-hybridized carbons (Fsp3) is 0.625. The maximum Gasteiger partial charge on any atom is 0.328 e. The number of rotatable bonds is 1. The van der Waals surface area contributed by atoms with E-state index < -0.39 is 5.97 Å². The molecule has 56 valence electrons. The lowest BCUT2D eigenvalue weighted by Gasteiger charge is -1.93. The second kappa shape index (κ2) is 2.86. The standard InChI is InChI=1S/C8H12O2/c1-6-2-3-7(4-6)5-8(9)10/h5-6H,2-4H2,1H3,(H,9,10). The molecule has 1 fully saturated rings. The highest BCUT2D eigenvalue weighted by molar-refractivity contribution is 5.80. The molecule has 0 aliphatic heterocycles. The molecule has 0 aromatic heterocycles. The van der Waals surface area contributed by atoms with Gasteiger partial charge in [-0.2, -0.15) is 0 Å². The molecule has 0 radical (unpaired) electrons. The van der Waals surface area contributed by atoms with Crippen LogP contribution in [0, 0.1) is 5.92 Å². The number of allylic oxidation sites excluding steroid dienone is 1. The summed E-state index contributed by atoms with van der Waals surface area (Å²) in [5, 5.41) is 8.38. The Bertz CT molecular complexity index is 170.